The van der Waals surface area contributed by atoms with Crippen molar-refractivity contribution in [2.45, 2.75) is 4.43 Å². The monoisotopic (exact) mass is 302 g/mol. The van der Waals surface area contributed by atoms with Gasteiger partial charge in [-0.25, -0.2) is 0 Å². The lowest BCUT2D eigenvalue weighted by atomic mass is 10.1. The van der Waals surface area contributed by atoms with E-state index in [1.54, 1.807) is 6.20 Å². The van der Waals surface area contributed by atoms with Crippen LogP contribution in [0, 0.1) is 0 Å². The molecule has 0 bridgehead atoms. The van der Waals surface area contributed by atoms with Crippen molar-refractivity contribution in [2.24, 2.45) is 5.73 Å². The largest absolute Gasteiger partial charge is 0.366 e. The van der Waals surface area contributed by atoms with Crippen molar-refractivity contribution in [3.8, 4) is 0 Å². The zero-order chi connectivity index (χ0) is 10.1. The van der Waals surface area contributed by atoms with E-state index < -0.39 is 5.91 Å². The first-order valence-electron chi connectivity index (χ1n) is 3.91. The molecule has 14 heavy (non-hydrogen) atoms. The molecule has 2 rings (SSSR count). The van der Waals surface area contributed by atoms with Crippen molar-refractivity contribution in [3.63, 3.8) is 0 Å². The highest BCUT2D eigenvalue weighted by atomic mass is 127. The van der Waals surface area contributed by atoms with Gasteiger partial charge in [0.15, 0.2) is 0 Å². The average molecular weight is 302 g/mol. The van der Waals surface area contributed by atoms with Gasteiger partial charge in [-0.15, -0.1) is 0 Å². The number of primary amides is 1. The van der Waals surface area contributed by atoms with Crippen LogP contribution < -0.4 is 5.73 Å². The summed E-state index contributed by atoms with van der Waals surface area (Å²) in [4.78, 5) is 11.1. The number of nitrogens with zero attached hydrogens (tertiary/aromatic N) is 3. The van der Waals surface area contributed by atoms with Crippen molar-refractivity contribution in [1.29, 1.82) is 0 Å². The van der Waals surface area contributed by atoms with Gasteiger partial charge >= 0.3 is 0 Å². The molecule has 6 heteroatoms. The number of carbonyl (C=O) groups is 1. The van der Waals surface area contributed by atoms with Crippen LogP contribution in [0.3, 0.4) is 0 Å². The van der Waals surface area contributed by atoms with Crippen LogP contribution in [0.4, 0.5) is 0 Å². The van der Waals surface area contributed by atoms with E-state index in [9.17, 15) is 4.79 Å². The normalized spacial score (nSPS) is 10.6. The fourth-order valence-corrected chi connectivity index (χ4v) is 2.09. The molecule has 0 fully saturated rings. The summed E-state index contributed by atoms with van der Waals surface area (Å²) in [5.74, 6) is -0.451. The van der Waals surface area contributed by atoms with E-state index in [1.165, 1.54) is 10.8 Å². The van der Waals surface area contributed by atoms with Crippen LogP contribution in [0.15, 0.2) is 18.5 Å². The lowest BCUT2D eigenvalue weighted by Crippen LogP contribution is -2.15. The van der Waals surface area contributed by atoms with Gasteiger partial charge < -0.3 is 5.73 Å². The zero-order valence-electron chi connectivity index (χ0n) is 7.14. The Kier molecular flexibility index (Phi) is 2.36. The average Bonchev–Trinajstić information content (AvgIpc) is 2.63. The summed E-state index contributed by atoms with van der Waals surface area (Å²) >= 11 is 2.18. The summed E-state index contributed by atoms with van der Waals surface area (Å²) < 4.78 is 2.19. The van der Waals surface area contributed by atoms with E-state index in [1.807, 2.05) is 6.07 Å². The Morgan fingerprint density at radius 3 is 3.00 bits per heavy atom. The SMILES string of the molecule is NC(=O)c1cnn2nccc2c1CI. The van der Waals surface area contributed by atoms with Gasteiger partial charge in [0.1, 0.15) is 0 Å². The number of aromatic nitrogens is 3. The summed E-state index contributed by atoms with van der Waals surface area (Å²) in [6, 6.07) is 1.81. The maximum atomic E-state index is 11.1. The second-order valence-electron chi connectivity index (χ2n) is 2.74. The van der Waals surface area contributed by atoms with Crippen LogP contribution in [0.5, 0.6) is 0 Å². The molecule has 72 valence electrons. The van der Waals surface area contributed by atoms with E-state index in [0.29, 0.717) is 9.99 Å². The Balaban J connectivity index is 2.78. The van der Waals surface area contributed by atoms with Crippen molar-refractivity contribution in [3.05, 3.63) is 29.6 Å². The quantitative estimate of drug-likeness (QED) is 0.657. The van der Waals surface area contributed by atoms with Crippen LogP contribution in [-0.4, -0.2) is 20.7 Å². The minimum Gasteiger partial charge on any atom is -0.366 e. The molecular formula is C8H7IN4O. The third-order valence-electron chi connectivity index (χ3n) is 1.95. The number of carbonyl (C=O) groups excluding carboxylic acids is 1. The molecular weight excluding hydrogens is 295 g/mol. The van der Waals surface area contributed by atoms with Crippen LogP contribution >= 0.6 is 22.6 Å². The number of amides is 1. The van der Waals surface area contributed by atoms with Gasteiger partial charge in [0, 0.05) is 9.99 Å². The Morgan fingerprint density at radius 1 is 1.57 bits per heavy atom. The molecule has 0 aliphatic rings. The summed E-state index contributed by atoms with van der Waals surface area (Å²) in [5, 5.41) is 7.95. The molecule has 0 unspecified atom stereocenters. The molecule has 0 aliphatic heterocycles. The fraction of sp³-hybridized carbons (Fsp3) is 0.125. The minimum atomic E-state index is -0.451. The van der Waals surface area contributed by atoms with Crippen LogP contribution in [0.1, 0.15) is 15.9 Å². The molecule has 0 aliphatic carbocycles. The first-order chi connectivity index (χ1) is 6.74. The Labute approximate surface area is 93.4 Å². The van der Waals surface area contributed by atoms with Gasteiger partial charge in [-0.05, 0) is 6.07 Å². The van der Waals surface area contributed by atoms with Crippen molar-refractivity contribution >= 4 is 34.0 Å². The first-order valence-corrected chi connectivity index (χ1v) is 5.44. The molecule has 1 amide bonds. The predicted octanol–water partition coefficient (Wildman–Crippen LogP) is 0.763. The molecule has 2 N–H and O–H groups in total. The van der Waals surface area contributed by atoms with Crippen LogP contribution in [-0.2, 0) is 4.43 Å². The Hall–Kier alpha value is -1.18. The molecule has 5 nitrogen and oxygen atoms in total. The lowest BCUT2D eigenvalue weighted by Gasteiger charge is -2.03. The highest BCUT2D eigenvalue weighted by Crippen LogP contribution is 2.17. The predicted molar refractivity (Wildman–Crippen MR) is 59.2 cm³/mol. The zero-order valence-corrected chi connectivity index (χ0v) is 9.30. The fourth-order valence-electron chi connectivity index (χ4n) is 1.29. The van der Waals surface area contributed by atoms with Gasteiger partial charge in [-0.3, -0.25) is 4.79 Å². The van der Waals surface area contributed by atoms with Crippen LogP contribution in [0.25, 0.3) is 5.52 Å². The number of rotatable bonds is 2. The standard InChI is InChI=1S/C8H7IN4O/c9-3-5-6(8(10)14)4-12-13-7(5)1-2-11-13/h1-2,4H,3H2,(H2,10,14). The summed E-state index contributed by atoms with van der Waals surface area (Å²) in [7, 11) is 0. The van der Waals surface area contributed by atoms with E-state index in [0.717, 1.165) is 11.1 Å². The first kappa shape index (κ1) is 9.38. The Morgan fingerprint density at radius 2 is 2.36 bits per heavy atom. The highest BCUT2D eigenvalue weighted by molar-refractivity contribution is 14.1. The summed E-state index contributed by atoms with van der Waals surface area (Å²) in [6.45, 7) is 0. The molecule has 0 spiro atoms. The van der Waals surface area contributed by atoms with E-state index in [-0.39, 0.29) is 0 Å². The number of halogens is 1. The molecule has 0 aromatic carbocycles. The van der Waals surface area contributed by atoms with E-state index in [2.05, 4.69) is 32.8 Å². The molecule has 2 aromatic heterocycles. The highest BCUT2D eigenvalue weighted by Gasteiger charge is 2.12. The topological polar surface area (TPSA) is 73.3 Å². The number of hydrogen-bond acceptors (Lipinski definition) is 3. The maximum absolute atomic E-state index is 11.1. The molecule has 0 saturated heterocycles. The number of hydrogen-bond donors (Lipinski definition) is 1. The molecule has 2 heterocycles. The van der Waals surface area contributed by atoms with Gasteiger partial charge in [-0.1, -0.05) is 22.6 Å². The second kappa shape index (κ2) is 3.52. The third kappa shape index (κ3) is 1.35. The smallest absolute Gasteiger partial charge is 0.250 e. The van der Waals surface area contributed by atoms with Gasteiger partial charge in [0.25, 0.3) is 5.91 Å². The second-order valence-corrected chi connectivity index (χ2v) is 3.50. The van der Waals surface area contributed by atoms with Gasteiger partial charge in [0.05, 0.1) is 23.5 Å². The third-order valence-corrected chi connectivity index (χ3v) is 2.72. The Bertz CT molecular complexity index is 493. The van der Waals surface area contributed by atoms with E-state index in [4.69, 9.17) is 5.73 Å². The van der Waals surface area contributed by atoms with Gasteiger partial charge in [0.2, 0.25) is 0 Å². The summed E-state index contributed by atoms with van der Waals surface area (Å²) in [5.41, 5.74) is 7.41. The number of fused-ring (bicyclic) bond motifs is 1. The number of alkyl halides is 1. The van der Waals surface area contributed by atoms with Crippen molar-refractivity contribution < 1.29 is 4.79 Å². The summed E-state index contributed by atoms with van der Waals surface area (Å²) in [6.07, 6.45) is 3.10. The molecule has 2 aromatic rings. The lowest BCUT2D eigenvalue weighted by molar-refractivity contribution is 0.0999. The minimum absolute atomic E-state index is 0.451. The van der Waals surface area contributed by atoms with Crippen molar-refractivity contribution in [1.82, 2.24) is 14.8 Å². The van der Waals surface area contributed by atoms with Crippen LogP contribution in [0.2, 0.25) is 0 Å². The van der Waals surface area contributed by atoms with Gasteiger partial charge in [-0.2, -0.15) is 14.8 Å². The molecule has 0 saturated carbocycles. The van der Waals surface area contributed by atoms with E-state index >= 15 is 0 Å². The molecule has 0 radical (unpaired) electrons. The molecule has 0 atom stereocenters. The van der Waals surface area contributed by atoms with Crippen molar-refractivity contribution in [2.75, 3.05) is 0 Å². The maximum Gasteiger partial charge on any atom is 0.250 e. The number of nitrogens with two attached hydrogens (primary N) is 1.